The highest BCUT2D eigenvalue weighted by Crippen LogP contribution is 2.07. The Kier molecular flexibility index (Phi) is 4.41. The first-order valence-electron chi connectivity index (χ1n) is 4.92. The lowest BCUT2D eigenvalue weighted by Crippen LogP contribution is -2.26. The predicted molar refractivity (Wildman–Crippen MR) is 67.2 cm³/mol. The second-order valence-corrected chi connectivity index (χ2v) is 6.39. The summed E-state index contributed by atoms with van der Waals surface area (Å²) in [7, 11) is -3.67. The molecule has 0 radical (unpaired) electrons. The molecule has 100 valence electrons. The molecular weight excluding hydrogens is 278 g/mol. The standard InChI is InChI=1S/C9H13N3O4S2/c1-6(2)16-11-7(4-13)8-5-17-9(10)12(8)18(3,14)15/h4-6,10H,1-3H3/b10-9?,11-7-. The summed E-state index contributed by atoms with van der Waals surface area (Å²) in [6.07, 6.45) is 1.11. The molecule has 1 heterocycles. The first kappa shape index (κ1) is 14.6. The van der Waals surface area contributed by atoms with Gasteiger partial charge >= 0.3 is 0 Å². The number of aromatic nitrogens is 1. The van der Waals surface area contributed by atoms with E-state index in [1.807, 2.05) is 0 Å². The van der Waals surface area contributed by atoms with E-state index in [4.69, 9.17) is 10.2 Å². The molecule has 0 aliphatic carbocycles. The van der Waals surface area contributed by atoms with E-state index in [-0.39, 0.29) is 22.3 Å². The Hall–Kier alpha value is -1.48. The molecule has 1 N–H and O–H groups in total. The molecule has 18 heavy (non-hydrogen) atoms. The van der Waals surface area contributed by atoms with Crippen molar-refractivity contribution in [1.82, 2.24) is 3.97 Å². The van der Waals surface area contributed by atoms with Gasteiger partial charge in [-0.3, -0.25) is 10.2 Å². The maximum atomic E-state index is 11.5. The summed E-state index contributed by atoms with van der Waals surface area (Å²) in [6.45, 7) is 3.44. The van der Waals surface area contributed by atoms with Crippen LogP contribution in [0.15, 0.2) is 10.5 Å². The average Bonchev–Trinajstić information content (AvgIpc) is 2.60. The van der Waals surface area contributed by atoms with Crippen molar-refractivity contribution in [3.8, 4) is 0 Å². The zero-order chi connectivity index (χ0) is 13.9. The third-order valence-electron chi connectivity index (χ3n) is 1.75. The Balaban J connectivity index is 3.37. The molecule has 0 bridgehead atoms. The van der Waals surface area contributed by atoms with E-state index in [9.17, 15) is 13.2 Å². The van der Waals surface area contributed by atoms with Gasteiger partial charge in [0.2, 0.25) is 10.0 Å². The fourth-order valence-corrected chi connectivity index (χ4v) is 3.15. The zero-order valence-corrected chi connectivity index (χ0v) is 11.7. The quantitative estimate of drug-likeness (QED) is 0.474. The monoisotopic (exact) mass is 291 g/mol. The summed E-state index contributed by atoms with van der Waals surface area (Å²) >= 11 is 0.891. The molecule has 1 aromatic rings. The van der Waals surface area contributed by atoms with Crippen LogP contribution in [0.3, 0.4) is 0 Å². The molecule has 0 saturated heterocycles. The highest BCUT2D eigenvalue weighted by atomic mass is 32.2. The number of rotatable bonds is 5. The van der Waals surface area contributed by atoms with E-state index in [1.54, 1.807) is 13.8 Å². The van der Waals surface area contributed by atoms with Gasteiger partial charge in [-0.15, -0.1) is 11.3 Å². The Morgan fingerprint density at radius 2 is 2.22 bits per heavy atom. The van der Waals surface area contributed by atoms with Gasteiger partial charge in [0.05, 0.1) is 6.26 Å². The van der Waals surface area contributed by atoms with Crippen molar-refractivity contribution in [3.63, 3.8) is 0 Å². The van der Waals surface area contributed by atoms with Crippen molar-refractivity contribution < 1.29 is 18.0 Å². The molecule has 1 aromatic heterocycles. The summed E-state index contributed by atoms with van der Waals surface area (Å²) in [5, 5.41) is 12.5. The van der Waals surface area contributed by atoms with Gasteiger partial charge in [0, 0.05) is 5.38 Å². The van der Waals surface area contributed by atoms with Gasteiger partial charge in [-0.05, 0) is 13.8 Å². The van der Waals surface area contributed by atoms with E-state index >= 15 is 0 Å². The van der Waals surface area contributed by atoms with Crippen LogP contribution in [0.5, 0.6) is 0 Å². The number of carbonyl (C=O) groups is 1. The van der Waals surface area contributed by atoms with Crippen molar-refractivity contribution in [1.29, 1.82) is 5.41 Å². The van der Waals surface area contributed by atoms with Crippen molar-refractivity contribution in [3.05, 3.63) is 15.9 Å². The number of hydrogen-bond acceptors (Lipinski definition) is 7. The van der Waals surface area contributed by atoms with Gasteiger partial charge < -0.3 is 4.84 Å². The van der Waals surface area contributed by atoms with E-state index in [0.717, 1.165) is 21.6 Å². The molecule has 0 atom stereocenters. The number of carbonyl (C=O) groups excluding carboxylic acids is 1. The van der Waals surface area contributed by atoms with Gasteiger partial charge in [-0.25, -0.2) is 12.4 Å². The maximum Gasteiger partial charge on any atom is 0.238 e. The lowest BCUT2D eigenvalue weighted by Gasteiger charge is -2.06. The second-order valence-electron chi connectivity index (χ2n) is 3.70. The molecule has 1 rings (SSSR count). The van der Waals surface area contributed by atoms with Crippen LogP contribution < -0.4 is 4.80 Å². The fourth-order valence-electron chi connectivity index (χ4n) is 1.10. The van der Waals surface area contributed by atoms with Crippen molar-refractivity contribution >= 4 is 33.4 Å². The first-order valence-corrected chi connectivity index (χ1v) is 7.65. The number of thiazole rings is 1. The topological polar surface area (TPSA) is 102 Å². The molecule has 0 aromatic carbocycles. The Labute approximate surface area is 108 Å². The van der Waals surface area contributed by atoms with Crippen molar-refractivity contribution in [2.75, 3.05) is 6.26 Å². The van der Waals surface area contributed by atoms with E-state index in [0.29, 0.717) is 6.29 Å². The highest BCUT2D eigenvalue weighted by molar-refractivity contribution is 7.89. The zero-order valence-electron chi connectivity index (χ0n) is 10.1. The summed E-state index contributed by atoms with van der Waals surface area (Å²) in [5.74, 6) is 0. The smallest absolute Gasteiger partial charge is 0.238 e. The minimum Gasteiger partial charge on any atom is -0.392 e. The van der Waals surface area contributed by atoms with Crippen molar-refractivity contribution in [2.24, 2.45) is 5.16 Å². The third kappa shape index (κ3) is 3.26. The van der Waals surface area contributed by atoms with Crippen LogP contribution in [-0.4, -0.2) is 36.7 Å². The average molecular weight is 291 g/mol. The lowest BCUT2D eigenvalue weighted by molar-refractivity contribution is -0.102. The molecule has 0 spiro atoms. The molecule has 0 unspecified atom stereocenters. The molecular formula is C9H13N3O4S2. The summed E-state index contributed by atoms with van der Waals surface area (Å²) < 4.78 is 23.8. The van der Waals surface area contributed by atoms with Gasteiger partial charge in [-0.1, -0.05) is 5.16 Å². The van der Waals surface area contributed by atoms with Crippen LogP contribution >= 0.6 is 11.3 Å². The van der Waals surface area contributed by atoms with Gasteiger partial charge in [0.15, 0.2) is 16.8 Å². The minimum atomic E-state index is -3.67. The van der Waals surface area contributed by atoms with Crippen LogP contribution in [-0.2, 0) is 19.7 Å². The maximum absolute atomic E-state index is 11.5. The van der Waals surface area contributed by atoms with E-state index in [2.05, 4.69) is 5.16 Å². The normalized spacial score (nSPS) is 12.8. The van der Waals surface area contributed by atoms with E-state index < -0.39 is 10.0 Å². The largest absolute Gasteiger partial charge is 0.392 e. The predicted octanol–water partition coefficient (Wildman–Crippen LogP) is 0.165. The highest BCUT2D eigenvalue weighted by Gasteiger charge is 2.18. The summed E-state index contributed by atoms with van der Waals surface area (Å²) in [5.41, 5.74) is -0.132. The number of oxime groups is 1. The molecule has 0 amide bonds. The Morgan fingerprint density at radius 3 is 2.67 bits per heavy atom. The number of nitrogens with one attached hydrogen (secondary N) is 1. The molecule has 0 aliphatic rings. The van der Waals surface area contributed by atoms with Crippen LogP contribution in [0.4, 0.5) is 0 Å². The van der Waals surface area contributed by atoms with Gasteiger partial charge in [0.25, 0.3) is 0 Å². The van der Waals surface area contributed by atoms with Crippen LogP contribution in [0.2, 0.25) is 0 Å². The fraction of sp³-hybridized carbons (Fsp3) is 0.444. The Morgan fingerprint density at radius 1 is 1.61 bits per heavy atom. The first-order chi connectivity index (χ1) is 8.27. The second kappa shape index (κ2) is 5.44. The number of aldehydes is 1. The van der Waals surface area contributed by atoms with E-state index in [1.165, 1.54) is 5.38 Å². The molecule has 7 nitrogen and oxygen atoms in total. The van der Waals surface area contributed by atoms with Gasteiger partial charge in [0.1, 0.15) is 11.8 Å². The molecule has 9 heteroatoms. The molecule has 0 saturated carbocycles. The van der Waals surface area contributed by atoms with Crippen LogP contribution in [0.1, 0.15) is 19.5 Å². The minimum absolute atomic E-state index is 0.0307. The third-order valence-corrected chi connectivity index (χ3v) is 3.66. The Bertz CT molecular complexity index is 624. The summed E-state index contributed by atoms with van der Waals surface area (Å²) in [6, 6.07) is 0. The summed E-state index contributed by atoms with van der Waals surface area (Å²) in [4.78, 5) is 15.6. The van der Waals surface area contributed by atoms with Crippen LogP contribution in [0.25, 0.3) is 0 Å². The molecule has 0 aliphatic heterocycles. The van der Waals surface area contributed by atoms with Crippen LogP contribution in [0, 0.1) is 5.41 Å². The lowest BCUT2D eigenvalue weighted by atomic mass is 10.3. The van der Waals surface area contributed by atoms with Gasteiger partial charge in [-0.2, -0.15) is 0 Å². The number of nitrogens with zero attached hydrogens (tertiary/aromatic N) is 2. The van der Waals surface area contributed by atoms with Crippen molar-refractivity contribution in [2.45, 2.75) is 20.0 Å². The molecule has 0 fully saturated rings. The SMILES string of the molecule is CC(C)O/N=C(/C=O)c1csc(=N)n1S(C)(=O)=O. The number of hydrogen-bond donors (Lipinski definition) is 1.